The summed E-state index contributed by atoms with van der Waals surface area (Å²) in [6.07, 6.45) is -0.220. The zero-order valence-corrected chi connectivity index (χ0v) is 19.6. The molecule has 1 heterocycles. The minimum absolute atomic E-state index is 0.0664. The molecule has 0 fully saturated rings. The highest BCUT2D eigenvalue weighted by Gasteiger charge is 2.21. The highest BCUT2D eigenvalue weighted by Crippen LogP contribution is 2.27. The van der Waals surface area contributed by atoms with Crippen molar-refractivity contribution in [3.05, 3.63) is 89.5 Å². The van der Waals surface area contributed by atoms with Gasteiger partial charge in [-0.2, -0.15) is 4.98 Å². The number of ether oxygens (including phenoxy) is 2. The smallest absolute Gasteiger partial charge is 0.307 e. The molecule has 0 saturated heterocycles. The Morgan fingerprint density at radius 1 is 1.06 bits per heavy atom. The van der Waals surface area contributed by atoms with Crippen molar-refractivity contribution < 1.29 is 28.2 Å². The van der Waals surface area contributed by atoms with Gasteiger partial charge in [-0.25, -0.2) is 13.5 Å². The molecule has 0 aliphatic carbocycles. The maximum absolute atomic E-state index is 14.7. The van der Waals surface area contributed by atoms with Crippen LogP contribution in [0.1, 0.15) is 11.1 Å². The molecule has 1 atom stereocenters. The van der Waals surface area contributed by atoms with Gasteiger partial charge in [-0.1, -0.05) is 30.3 Å². The fourth-order valence-electron chi connectivity index (χ4n) is 3.68. The van der Waals surface area contributed by atoms with Crippen LogP contribution in [0.2, 0.25) is 0 Å². The van der Waals surface area contributed by atoms with E-state index in [2.05, 4.69) is 15.4 Å². The van der Waals surface area contributed by atoms with Crippen molar-refractivity contribution in [2.24, 2.45) is 0 Å². The van der Waals surface area contributed by atoms with Crippen molar-refractivity contribution in [3.8, 4) is 22.8 Å². The van der Waals surface area contributed by atoms with Crippen LogP contribution >= 0.6 is 0 Å². The summed E-state index contributed by atoms with van der Waals surface area (Å²) in [6, 6.07) is 17.9. The molecule has 0 aliphatic heterocycles. The van der Waals surface area contributed by atoms with Crippen molar-refractivity contribution in [1.29, 1.82) is 0 Å². The van der Waals surface area contributed by atoms with Crippen molar-refractivity contribution in [2.75, 3.05) is 19.5 Å². The van der Waals surface area contributed by atoms with E-state index in [0.29, 0.717) is 23.4 Å². The van der Waals surface area contributed by atoms with Crippen LogP contribution in [0.3, 0.4) is 0 Å². The molecule has 1 aromatic heterocycles. The first-order valence-corrected chi connectivity index (χ1v) is 11.0. The number of carboxylic acids is 1. The van der Waals surface area contributed by atoms with Crippen molar-refractivity contribution in [3.63, 3.8) is 0 Å². The Morgan fingerprint density at radius 2 is 1.81 bits per heavy atom. The Bertz CT molecular complexity index is 1360. The van der Waals surface area contributed by atoms with Gasteiger partial charge in [0, 0.05) is 13.5 Å². The average molecular weight is 494 g/mol. The fraction of sp³-hybridized carbons (Fsp3) is 0.192. The molecule has 0 saturated carbocycles. The van der Waals surface area contributed by atoms with Crippen molar-refractivity contribution in [1.82, 2.24) is 14.8 Å². The molecule has 0 amide bonds. The Morgan fingerprint density at radius 3 is 2.50 bits per heavy atom. The van der Waals surface area contributed by atoms with Gasteiger partial charge in [-0.15, -0.1) is 5.10 Å². The second-order valence-corrected chi connectivity index (χ2v) is 7.93. The topological polar surface area (TPSA) is 98.5 Å². The lowest BCUT2D eigenvalue weighted by atomic mass is 10.1. The third kappa shape index (κ3) is 5.66. The summed E-state index contributed by atoms with van der Waals surface area (Å²) in [6.45, 7) is 0. The van der Waals surface area contributed by atoms with Gasteiger partial charge in [0.15, 0.2) is 17.5 Å². The summed E-state index contributed by atoms with van der Waals surface area (Å²) in [7, 11) is 3.12. The number of aromatic nitrogens is 3. The molecule has 2 N–H and O–H groups in total. The molecular weight excluding hydrogens is 470 g/mol. The molecule has 0 bridgehead atoms. The van der Waals surface area contributed by atoms with Crippen LogP contribution in [0.25, 0.3) is 17.1 Å². The van der Waals surface area contributed by atoms with Gasteiger partial charge in [0.25, 0.3) is 0 Å². The van der Waals surface area contributed by atoms with Crippen LogP contribution in [-0.4, -0.2) is 46.3 Å². The number of nitrogens with one attached hydrogen (secondary N) is 1. The van der Waals surface area contributed by atoms with E-state index in [1.54, 1.807) is 31.4 Å². The van der Waals surface area contributed by atoms with Crippen LogP contribution in [0.4, 0.5) is 14.7 Å². The predicted octanol–water partition coefficient (Wildman–Crippen LogP) is 4.48. The highest BCUT2D eigenvalue weighted by atomic mass is 19.2. The number of benzene rings is 3. The first-order valence-electron chi connectivity index (χ1n) is 11.0. The molecule has 4 aromatic rings. The summed E-state index contributed by atoms with van der Waals surface area (Å²) in [5.41, 5.74) is 1.94. The van der Waals surface area contributed by atoms with Crippen molar-refractivity contribution in [2.45, 2.75) is 19.1 Å². The number of hydrogen-bond donors (Lipinski definition) is 2. The number of rotatable bonds is 10. The number of carboxylic acid groups (broad SMARTS) is 1. The van der Waals surface area contributed by atoms with Gasteiger partial charge in [0.05, 0.1) is 24.8 Å². The molecule has 0 spiro atoms. The molecular formula is C26H24F2N4O4. The molecule has 8 nitrogen and oxygen atoms in total. The molecule has 3 aromatic carbocycles. The molecule has 1 unspecified atom stereocenters. The van der Waals surface area contributed by atoms with E-state index in [9.17, 15) is 13.6 Å². The van der Waals surface area contributed by atoms with Crippen LogP contribution in [0.15, 0.2) is 66.7 Å². The van der Waals surface area contributed by atoms with Gasteiger partial charge >= 0.3 is 5.97 Å². The van der Waals surface area contributed by atoms with E-state index in [1.165, 1.54) is 23.9 Å². The summed E-state index contributed by atoms with van der Waals surface area (Å²) in [5, 5.41) is 16.6. The number of methoxy groups -OCH3 is 2. The lowest BCUT2D eigenvalue weighted by Crippen LogP contribution is -2.25. The normalized spacial score (nSPS) is 11.8. The lowest BCUT2D eigenvalue weighted by Gasteiger charge is -2.16. The maximum Gasteiger partial charge on any atom is 0.307 e. The molecule has 10 heteroatoms. The number of hydrogen-bond acceptors (Lipinski definition) is 6. The van der Waals surface area contributed by atoms with E-state index in [4.69, 9.17) is 14.6 Å². The van der Waals surface area contributed by atoms with E-state index in [-0.39, 0.29) is 23.8 Å². The predicted molar refractivity (Wildman–Crippen MR) is 129 cm³/mol. The first-order chi connectivity index (χ1) is 17.4. The van der Waals surface area contributed by atoms with Crippen LogP contribution in [0, 0.1) is 11.6 Å². The second-order valence-electron chi connectivity index (χ2n) is 7.93. The van der Waals surface area contributed by atoms with Crippen LogP contribution < -0.4 is 10.1 Å². The fourth-order valence-corrected chi connectivity index (χ4v) is 3.68. The summed E-state index contributed by atoms with van der Waals surface area (Å²) in [5.74, 6) is -2.12. The second kappa shape index (κ2) is 11.0. The zero-order chi connectivity index (χ0) is 25.7. The molecule has 4 rings (SSSR count). The highest BCUT2D eigenvalue weighted by molar-refractivity contribution is 5.70. The Labute approximate surface area is 206 Å². The average Bonchev–Trinajstić information content (AvgIpc) is 3.29. The van der Waals surface area contributed by atoms with Crippen LogP contribution in [0.5, 0.6) is 5.75 Å². The standard InChI is InChI=1S/C26H24F2N4O4/c1-35-19-6-3-5-17(13-19)14-22(36-2)29-26-30-25(20-7-4-8-21(27)24(20)28)32(31-26)18-11-9-16(10-12-18)15-23(33)34/h3-13,22H,14-15H2,1-2H3,(H,29,31)(H,33,34). The number of aliphatic carboxylic acids is 1. The zero-order valence-electron chi connectivity index (χ0n) is 19.6. The van der Waals surface area contributed by atoms with Gasteiger partial charge < -0.3 is 19.9 Å². The van der Waals surface area contributed by atoms with Crippen molar-refractivity contribution >= 4 is 11.9 Å². The summed E-state index contributed by atoms with van der Waals surface area (Å²) < 4.78 is 40.9. The van der Waals surface area contributed by atoms with E-state index >= 15 is 0 Å². The Hall–Kier alpha value is -4.31. The first kappa shape index (κ1) is 24.8. The quantitative estimate of drug-likeness (QED) is 0.314. The Balaban J connectivity index is 1.69. The Kier molecular flexibility index (Phi) is 7.55. The number of halogens is 2. The largest absolute Gasteiger partial charge is 0.497 e. The van der Waals surface area contributed by atoms with E-state index in [1.807, 2.05) is 24.3 Å². The molecule has 36 heavy (non-hydrogen) atoms. The number of carbonyl (C=O) groups is 1. The van der Waals surface area contributed by atoms with E-state index in [0.717, 1.165) is 11.6 Å². The molecule has 186 valence electrons. The third-order valence-corrected chi connectivity index (χ3v) is 5.47. The summed E-state index contributed by atoms with van der Waals surface area (Å²) >= 11 is 0. The molecule has 0 radical (unpaired) electrons. The SMILES string of the molecule is COc1cccc(CC(Nc2nc(-c3cccc(F)c3F)n(-c3ccc(CC(=O)O)cc3)n2)OC)c1. The monoisotopic (exact) mass is 494 g/mol. The number of anilines is 1. The van der Waals surface area contributed by atoms with Gasteiger partial charge in [0.2, 0.25) is 5.95 Å². The van der Waals surface area contributed by atoms with E-state index < -0.39 is 23.8 Å². The minimum atomic E-state index is -1.06. The third-order valence-electron chi connectivity index (χ3n) is 5.47. The van der Waals surface area contributed by atoms with Gasteiger partial charge in [-0.05, 0) is 47.5 Å². The van der Waals surface area contributed by atoms with Crippen LogP contribution in [-0.2, 0) is 22.4 Å². The van der Waals surface area contributed by atoms with Gasteiger partial charge in [-0.3, -0.25) is 4.79 Å². The molecule has 0 aliphatic rings. The van der Waals surface area contributed by atoms with Gasteiger partial charge in [0.1, 0.15) is 12.0 Å². The minimum Gasteiger partial charge on any atom is -0.497 e. The maximum atomic E-state index is 14.7. The number of nitrogens with zero attached hydrogens (tertiary/aromatic N) is 3. The summed E-state index contributed by atoms with van der Waals surface area (Å²) in [4.78, 5) is 15.4. The lowest BCUT2D eigenvalue weighted by molar-refractivity contribution is -0.136.